The van der Waals surface area contributed by atoms with Crippen LogP contribution in [0.1, 0.15) is 11.6 Å². The van der Waals surface area contributed by atoms with Crippen molar-refractivity contribution in [1.82, 2.24) is 14.9 Å². The molecule has 24 heavy (non-hydrogen) atoms. The van der Waals surface area contributed by atoms with Crippen molar-refractivity contribution in [3.63, 3.8) is 0 Å². The van der Waals surface area contributed by atoms with Gasteiger partial charge in [0.2, 0.25) is 0 Å². The topological polar surface area (TPSA) is 68.5 Å². The van der Waals surface area contributed by atoms with Gasteiger partial charge in [-0.1, -0.05) is 29.3 Å². The van der Waals surface area contributed by atoms with Gasteiger partial charge in [0.15, 0.2) is 6.29 Å². The minimum Gasteiger partial charge on any atom is -0.389 e. The van der Waals surface area contributed by atoms with Crippen LogP contribution in [-0.2, 0) is 16.0 Å². The number of aliphatic hydroxyl groups is 1. The fraction of sp³-hybridized carbons (Fsp3) is 0.438. The number of benzene rings is 1. The number of imidazole rings is 1. The molecule has 0 aliphatic carbocycles. The van der Waals surface area contributed by atoms with Gasteiger partial charge in [-0.3, -0.25) is 0 Å². The first kappa shape index (κ1) is 16.3. The molecule has 5 atom stereocenters. The van der Waals surface area contributed by atoms with Crippen LogP contribution in [0.4, 0.5) is 0 Å². The van der Waals surface area contributed by atoms with Crippen LogP contribution in [0.15, 0.2) is 36.9 Å². The molecule has 0 spiro atoms. The van der Waals surface area contributed by atoms with E-state index in [9.17, 15) is 5.11 Å². The summed E-state index contributed by atoms with van der Waals surface area (Å²) in [6.45, 7) is 0.992. The summed E-state index contributed by atoms with van der Waals surface area (Å²) in [6, 6.07) is 4.88. The summed E-state index contributed by atoms with van der Waals surface area (Å²) in [7, 11) is 0. The van der Waals surface area contributed by atoms with Gasteiger partial charge in [0, 0.05) is 18.9 Å². The first-order valence-electron chi connectivity index (χ1n) is 7.73. The summed E-state index contributed by atoms with van der Waals surface area (Å²) in [5, 5.41) is 15.2. The van der Waals surface area contributed by atoms with Gasteiger partial charge in [-0.05, 0) is 17.7 Å². The minimum atomic E-state index is -0.659. The van der Waals surface area contributed by atoms with Crippen molar-refractivity contribution in [2.45, 2.75) is 37.1 Å². The molecule has 2 aliphatic heterocycles. The highest BCUT2D eigenvalue weighted by molar-refractivity contribution is 6.42. The third kappa shape index (κ3) is 2.94. The molecule has 2 aliphatic rings. The standard InChI is InChI=1S/C16H17Cl2N3O3/c17-10-2-1-9(5-11(10)18)6-20-13-12-7-23-16(24-12)14(15(13)22)21-4-3-19-8-21/h1-5,8,12-16,20,22H,6-7H2. The zero-order chi connectivity index (χ0) is 16.7. The number of hydrogen-bond acceptors (Lipinski definition) is 5. The molecule has 5 unspecified atom stereocenters. The minimum absolute atomic E-state index is 0.187. The molecule has 2 bridgehead atoms. The number of ether oxygens (including phenoxy) is 2. The second-order valence-corrected chi connectivity index (χ2v) is 6.84. The second-order valence-electron chi connectivity index (χ2n) is 6.02. The van der Waals surface area contributed by atoms with E-state index in [-0.39, 0.29) is 18.2 Å². The monoisotopic (exact) mass is 369 g/mol. The highest BCUT2D eigenvalue weighted by Crippen LogP contribution is 2.35. The first-order valence-corrected chi connectivity index (χ1v) is 8.49. The van der Waals surface area contributed by atoms with E-state index in [1.807, 2.05) is 16.7 Å². The smallest absolute Gasteiger partial charge is 0.181 e. The lowest BCUT2D eigenvalue weighted by atomic mass is 9.95. The van der Waals surface area contributed by atoms with E-state index in [1.165, 1.54) is 0 Å². The Labute approximate surface area is 149 Å². The van der Waals surface area contributed by atoms with E-state index >= 15 is 0 Å². The Balaban J connectivity index is 1.50. The third-order valence-corrected chi connectivity index (χ3v) is 5.26. The highest BCUT2D eigenvalue weighted by Gasteiger charge is 2.50. The van der Waals surface area contributed by atoms with Gasteiger partial charge in [-0.2, -0.15) is 0 Å². The van der Waals surface area contributed by atoms with E-state index in [1.54, 1.807) is 24.8 Å². The van der Waals surface area contributed by atoms with Gasteiger partial charge in [0.1, 0.15) is 12.1 Å². The Hall–Kier alpha value is -1.15. The zero-order valence-corrected chi connectivity index (χ0v) is 14.2. The maximum Gasteiger partial charge on any atom is 0.181 e. The molecule has 4 rings (SSSR count). The molecule has 3 heterocycles. The van der Waals surface area contributed by atoms with Gasteiger partial charge in [-0.15, -0.1) is 0 Å². The van der Waals surface area contributed by atoms with Crippen LogP contribution in [0, 0.1) is 0 Å². The summed E-state index contributed by atoms with van der Waals surface area (Å²) >= 11 is 12.0. The fourth-order valence-electron chi connectivity index (χ4n) is 3.30. The molecule has 2 aromatic rings. The average Bonchev–Trinajstić information content (AvgIpc) is 3.22. The number of hydrogen-bond donors (Lipinski definition) is 2. The SMILES string of the molecule is OC1C(NCc2ccc(Cl)c(Cl)c2)C2COC(O2)C1n1ccnc1. The molecule has 128 valence electrons. The van der Waals surface area contributed by atoms with Crippen molar-refractivity contribution in [3.8, 4) is 0 Å². The van der Waals surface area contributed by atoms with Crippen molar-refractivity contribution in [2.75, 3.05) is 6.61 Å². The van der Waals surface area contributed by atoms with E-state index < -0.39 is 12.4 Å². The first-order chi connectivity index (χ1) is 11.6. The Bertz CT molecular complexity index is 713. The summed E-state index contributed by atoms with van der Waals surface area (Å²) in [5.41, 5.74) is 0.983. The molecule has 8 heteroatoms. The van der Waals surface area contributed by atoms with Crippen LogP contribution >= 0.6 is 23.2 Å². The molecule has 0 amide bonds. The van der Waals surface area contributed by atoms with Gasteiger partial charge < -0.3 is 24.5 Å². The third-order valence-electron chi connectivity index (χ3n) is 4.53. The molecule has 1 aromatic carbocycles. The van der Waals surface area contributed by atoms with E-state index in [4.69, 9.17) is 32.7 Å². The largest absolute Gasteiger partial charge is 0.389 e. The Morgan fingerprint density at radius 3 is 2.96 bits per heavy atom. The number of aliphatic hydroxyl groups excluding tert-OH is 1. The van der Waals surface area contributed by atoms with Crippen LogP contribution in [0.3, 0.4) is 0 Å². The number of rotatable bonds is 4. The predicted molar refractivity (Wildman–Crippen MR) is 89.0 cm³/mol. The van der Waals surface area contributed by atoms with Gasteiger partial charge in [-0.25, -0.2) is 4.98 Å². The number of fused-ring (bicyclic) bond motifs is 2. The van der Waals surface area contributed by atoms with Crippen molar-refractivity contribution in [1.29, 1.82) is 0 Å². The van der Waals surface area contributed by atoms with Crippen molar-refractivity contribution in [2.24, 2.45) is 0 Å². The number of nitrogens with zero attached hydrogens (tertiary/aromatic N) is 2. The lowest BCUT2D eigenvalue weighted by Crippen LogP contribution is -2.57. The molecule has 6 nitrogen and oxygen atoms in total. The quantitative estimate of drug-likeness (QED) is 0.862. The molecule has 2 saturated heterocycles. The van der Waals surface area contributed by atoms with Crippen LogP contribution < -0.4 is 5.32 Å². The van der Waals surface area contributed by atoms with Crippen LogP contribution in [-0.4, -0.2) is 45.8 Å². The zero-order valence-electron chi connectivity index (χ0n) is 12.7. The Kier molecular flexibility index (Phi) is 4.51. The molecule has 2 N–H and O–H groups in total. The van der Waals surface area contributed by atoms with Crippen LogP contribution in [0.2, 0.25) is 10.0 Å². The Morgan fingerprint density at radius 1 is 1.33 bits per heavy atom. The number of aromatic nitrogens is 2. The summed E-state index contributed by atoms with van der Waals surface area (Å²) in [6.07, 6.45) is 3.83. The Morgan fingerprint density at radius 2 is 2.21 bits per heavy atom. The lowest BCUT2D eigenvalue weighted by molar-refractivity contribution is -0.165. The normalized spacial score (nSPS) is 32.2. The summed E-state index contributed by atoms with van der Waals surface area (Å²) < 4.78 is 13.4. The molecular formula is C16H17Cl2N3O3. The maximum atomic E-state index is 10.8. The molecule has 1 aromatic heterocycles. The van der Waals surface area contributed by atoms with Gasteiger partial charge in [0.25, 0.3) is 0 Å². The van der Waals surface area contributed by atoms with E-state index in [0.717, 1.165) is 5.56 Å². The predicted octanol–water partition coefficient (Wildman–Crippen LogP) is 2.01. The molecule has 0 radical (unpaired) electrons. The van der Waals surface area contributed by atoms with Gasteiger partial charge in [0.05, 0.1) is 35.1 Å². The van der Waals surface area contributed by atoms with E-state index in [2.05, 4.69) is 10.3 Å². The van der Waals surface area contributed by atoms with Gasteiger partial charge >= 0.3 is 0 Å². The second kappa shape index (κ2) is 6.63. The lowest BCUT2D eigenvalue weighted by Gasteiger charge is -2.39. The molecule has 2 fully saturated rings. The fourth-order valence-corrected chi connectivity index (χ4v) is 3.62. The van der Waals surface area contributed by atoms with Crippen LogP contribution in [0.25, 0.3) is 0 Å². The van der Waals surface area contributed by atoms with Crippen molar-refractivity contribution < 1.29 is 14.6 Å². The van der Waals surface area contributed by atoms with Crippen molar-refractivity contribution >= 4 is 23.2 Å². The molecular weight excluding hydrogens is 353 g/mol. The maximum absolute atomic E-state index is 10.8. The summed E-state index contributed by atoms with van der Waals surface area (Å²) in [5.74, 6) is 0. The summed E-state index contributed by atoms with van der Waals surface area (Å²) in [4.78, 5) is 4.04. The average molecular weight is 370 g/mol. The number of nitrogens with one attached hydrogen (secondary N) is 1. The van der Waals surface area contributed by atoms with E-state index in [0.29, 0.717) is 23.2 Å². The van der Waals surface area contributed by atoms with Crippen LogP contribution in [0.5, 0.6) is 0 Å². The van der Waals surface area contributed by atoms with Crippen molar-refractivity contribution in [3.05, 3.63) is 52.5 Å². The highest BCUT2D eigenvalue weighted by atomic mass is 35.5. The molecule has 0 saturated carbocycles. The number of halogens is 2.